The van der Waals surface area contributed by atoms with Gasteiger partial charge in [0.1, 0.15) is 5.82 Å². The van der Waals surface area contributed by atoms with Crippen molar-refractivity contribution in [2.45, 2.75) is 0 Å². The lowest BCUT2D eigenvalue weighted by atomic mass is 10.3. The minimum Gasteiger partial charge on any atom is -0.383 e. The summed E-state index contributed by atoms with van der Waals surface area (Å²) in [5, 5.41) is 13.8. The summed E-state index contributed by atoms with van der Waals surface area (Å²) in [6, 6.07) is 3.39. The first-order valence-corrected chi connectivity index (χ1v) is 7.44. The second-order valence-corrected chi connectivity index (χ2v) is 4.93. The van der Waals surface area contributed by atoms with Gasteiger partial charge in [-0.3, -0.25) is 9.69 Å². The van der Waals surface area contributed by atoms with E-state index in [1.54, 1.807) is 19.2 Å². The van der Waals surface area contributed by atoms with Crippen molar-refractivity contribution in [1.82, 2.24) is 20.4 Å². The fourth-order valence-corrected chi connectivity index (χ4v) is 2.07. The van der Waals surface area contributed by atoms with E-state index in [4.69, 9.17) is 9.47 Å². The Morgan fingerprint density at radius 2 is 2.14 bits per heavy atom. The molecule has 0 aliphatic carbocycles. The first kappa shape index (κ1) is 16.6. The van der Waals surface area contributed by atoms with Gasteiger partial charge in [-0.05, 0) is 12.1 Å². The molecule has 0 radical (unpaired) electrons. The highest BCUT2D eigenvalue weighted by Gasteiger charge is 2.11. The summed E-state index contributed by atoms with van der Waals surface area (Å²) >= 11 is 0. The van der Waals surface area contributed by atoms with Crippen LogP contribution in [-0.2, 0) is 9.47 Å². The van der Waals surface area contributed by atoms with E-state index in [0.717, 1.165) is 32.8 Å². The molecule has 8 heteroatoms. The minimum absolute atomic E-state index is 0.204. The molecule has 1 fully saturated rings. The van der Waals surface area contributed by atoms with Gasteiger partial charge in [-0.15, -0.1) is 10.2 Å². The Bertz CT molecular complexity index is 448. The van der Waals surface area contributed by atoms with Crippen LogP contribution in [0.5, 0.6) is 0 Å². The van der Waals surface area contributed by atoms with E-state index in [-0.39, 0.29) is 5.91 Å². The number of aromatic nitrogens is 2. The van der Waals surface area contributed by atoms with Crippen LogP contribution in [0.15, 0.2) is 12.1 Å². The molecule has 122 valence electrons. The molecular weight excluding hydrogens is 286 g/mol. The number of carbonyl (C=O) groups is 1. The fourth-order valence-electron chi connectivity index (χ4n) is 2.07. The molecule has 1 aliphatic heterocycles. The van der Waals surface area contributed by atoms with Crippen molar-refractivity contribution in [2.24, 2.45) is 0 Å². The molecular formula is C14H23N5O3. The van der Waals surface area contributed by atoms with Crippen LogP contribution < -0.4 is 10.6 Å². The average molecular weight is 309 g/mol. The zero-order valence-corrected chi connectivity index (χ0v) is 12.9. The van der Waals surface area contributed by atoms with E-state index in [0.29, 0.717) is 31.2 Å². The molecule has 0 saturated carbocycles. The molecule has 0 spiro atoms. The zero-order chi connectivity index (χ0) is 15.6. The van der Waals surface area contributed by atoms with Gasteiger partial charge in [-0.25, -0.2) is 0 Å². The van der Waals surface area contributed by atoms with Crippen LogP contribution in [-0.4, -0.2) is 80.7 Å². The van der Waals surface area contributed by atoms with Crippen molar-refractivity contribution in [3.05, 3.63) is 17.8 Å². The number of nitrogens with one attached hydrogen (secondary N) is 2. The number of methoxy groups -OCH3 is 1. The third kappa shape index (κ3) is 5.55. The molecule has 8 nitrogen and oxygen atoms in total. The van der Waals surface area contributed by atoms with Gasteiger partial charge in [0.15, 0.2) is 5.69 Å². The maximum Gasteiger partial charge on any atom is 0.271 e. The van der Waals surface area contributed by atoms with Gasteiger partial charge in [0.05, 0.1) is 19.8 Å². The first-order valence-electron chi connectivity index (χ1n) is 7.44. The summed E-state index contributed by atoms with van der Waals surface area (Å²) in [6.07, 6.45) is 0. The highest BCUT2D eigenvalue weighted by Crippen LogP contribution is 2.01. The van der Waals surface area contributed by atoms with E-state index in [2.05, 4.69) is 25.7 Å². The van der Waals surface area contributed by atoms with E-state index < -0.39 is 0 Å². The van der Waals surface area contributed by atoms with Gasteiger partial charge in [0.2, 0.25) is 0 Å². The summed E-state index contributed by atoms with van der Waals surface area (Å²) < 4.78 is 10.2. The van der Waals surface area contributed by atoms with E-state index in [1.165, 1.54) is 0 Å². The van der Waals surface area contributed by atoms with Crippen LogP contribution in [0.4, 0.5) is 5.82 Å². The third-order valence-corrected chi connectivity index (χ3v) is 3.33. The molecule has 2 rings (SSSR count). The average Bonchev–Trinajstić information content (AvgIpc) is 2.56. The maximum absolute atomic E-state index is 12.0. The molecule has 22 heavy (non-hydrogen) atoms. The largest absolute Gasteiger partial charge is 0.383 e. The number of morpholine rings is 1. The van der Waals surface area contributed by atoms with Crippen LogP contribution in [0, 0.1) is 0 Å². The Morgan fingerprint density at radius 1 is 1.32 bits per heavy atom. The second-order valence-electron chi connectivity index (χ2n) is 4.93. The molecule has 1 aromatic rings. The van der Waals surface area contributed by atoms with E-state index in [9.17, 15) is 4.79 Å². The van der Waals surface area contributed by atoms with Gasteiger partial charge in [0.25, 0.3) is 5.91 Å². The van der Waals surface area contributed by atoms with Gasteiger partial charge >= 0.3 is 0 Å². The molecule has 0 aromatic carbocycles. The Balaban J connectivity index is 1.70. The van der Waals surface area contributed by atoms with Crippen molar-refractivity contribution in [2.75, 3.05) is 65.0 Å². The van der Waals surface area contributed by atoms with Gasteiger partial charge in [-0.1, -0.05) is 0 Å². The van der Waals surface area contributed by atoms with E-state index >= 15 is 0 Å². The SMILES string of the molecule is COCCNc1ccc(C(=O)NCCN2CCOCC2)nn1. The van der Waals surface area contributed by atoms with Crippen molar-refractivity contribution >= 4 is 11.7 Å². The van der Waals surface area contributed by atoms with Crippen molar-refractivity contribution in [3.63, 3.8) is 0 Å². The van der Waals surface area contributed by atoms with Crippen molar-refractivity contribution in [3.8, 4) is 0 Å². The van der Waals surface area contributed by atoms with Gasteiger partial charge < -0.3 is 20.1 Å². The topological polar surface area (TPSA) is 88.6 Å². The van der Waals surface area contributed by atoms with Crippen molar-refractivity contribution in [1.29, 1.82) is 0 Å². The molecule has 0 bridgehead atoms. The summed E-state index contributed by atoms with van der Waals surface area (Å²) in [5.74, 6) is 0.422. The number of rotatable bonds is 8. The lowest BCUT2D eigenvalue weighted by Crippen LogP contribution is -2.41. The lowest BCUT2D eigenvalue weighted by molar-refractivity contribution is 0.0383. The number of hydrogen-bond acceptors (Lipinski definition) is 7. The van der Waals surface area contributed by atoms with E-state index in [1.807, 2.05) is 0 Å². The normalized spacial score (nSPS) is 15.5. The fraction of sp³-hybridized carbons (Fsp3) is 0.643. The van der Waals surface area contributed by atoms with Crippen LogP contribution in [0.3, 0.4) is 0 Å². The highest BCUT2D eigenvalue weighted by molar-refractivity contribution is 5.92. The highest BCUT2D eigenvalue weighted by atomic mass is 16.5. The molecule has 1 amide bonds. The smallest absolute Gasteiger partial charge is 0.271 e. The Morgan fingerprint density at radius 3 is 2.82 bits per heavy atom. The quantitative estimate of drug-likeness (QED) is 0.631. The van der Waals surface area contributed by atoms with Crippen molar-refractivity contribution < 1.29 is 14.3 Å². The molecule has 0 atom stereocenters. The first-order chi connectivity index (χ1) is 10.8. The van der Waals surface area contributed by atoms with Crippen LogP contribution >= 0.6 is 0 Å². The van der Waals surface area contributed by atoms with Crippen LogP contribution in [0.25, 0.3) is 0 Å². The number of ether oxygens (including phenoxy) is 2. The third-order valence-electron chi connectivity index (χ3n) is 3.33. The summed E-state index contributed by atoms with van der Waals surface area (Å²) in [6.45, 7) is 6.00. The van der Waals surface area contributed by atoms with Gasteiger partial charge in [-0.2, -0.15) is 0 Å². The van der Waals surface area contributed by atoms with Gasteiger partial charge in [0, 0.05) is 39.8 Å². The number of carbonyl (C=O) groups excluding carboxylic acids is 1. The van der Waals surface area contributed by atoms with Crippen LogP contribution in [0.2, 0.25) is 0 Å². The zero-order valence-electron chi connectivity index (χ0n) is 12.9. The predicted octanol–water partition coefficient (Wildman–Crippen LogP) is -0.403. The summed E-state index contributed by atoms with van der Waals surface area (Å²) in [7, 11) is 1.64. The molecule has 1 aliphatic rings. The molecule has 0 unspecified atom stereocenters. The number of amides is 1. The molecule has 1 saturated heterocycles. The Kier molecular flexibility index (Phi) is 7.01. The maximum atomic E-state index is 12.0. The molecule has 1 aromatic heterocycles. The summed E-state index contributed by atoms with van der Waals surface area (Å²) in [4.78, 5) is 14.2. The Labute approximate surface area is 130 Å². The second kappa shape index (κ2) is 9.29. The minimum atomic E-state index is -0.204. The molecule has 2 heterocycles. The number of hydrogen-bond donors (Lipinski definition) is 2. The monoisotopic (exact) mass is 309 g/mol. The predicted molar refractivity (Wildman–Crippen MR) is 82.0 cm³/mol. The summed E-state index contributed by atoms with van der Waals surface area (Å²) in [5.41, 5.74) is 0.319. The Hall–Kier alpha value is -1.77. The standard InChI is InChI=1S/C14H23N5O3/c1-21-9-5-15-13-3-2-12(17-18-13)14(20)16-4-6-19-7-10-22-11-8-19/h2-3H,4-11H2,1H3,(H,15,18)(H,16,20). The number of nitrogens with zero attached hydrogens (tertiary/aromatic N) is 3. The van der Waals surface area contributed by atoms with Crippen LogP contribution in [0.1, 0.15) is 10.5 Å². The molecule has 2 N–H and O–H groups in total. The lowest BCUT2D eigenvalue weighted by Gasteiger charge is -2.26. The number of anilines is 1.